The number of carbonyl (C=O) groups excluding carboxylic acids is 1. The van der Waals surface area contributed by atoms with Crippen molar-refractivity contribution in [1.82, 2.24) is 10.6 Å². The van der Waals surface area contributed by atoms with Crippen LogP contribution in [0.3, 0.4) is 0 Å². The van der Waals surface area contributed by atoms with E-state index in [-0.39, 0.29) is 12.1 Å². The maximum absolute atomic E-state index is 12.9. The van der Waals surface area contributed by atoms with E-state index >= 15 is 0 Å². The third-order valence-corrected chi connectivity index (χ3v) is 5.96. The molecule has 0 aliphatic carbocycles. The quantitative estimate of drug-likeness (QED) is 0.269. The predicted molar refractivity (Wildman–Crippen MR) is 135 cm³/mol. The average Bonchev–Trinajstić information content (AvgIpc) is 2.88. The predicted octanol–water partition coefficient (Wildman–Crippen LogP) is 7.43. The van der Waals surface area contributed by atoms with Gasteiger partial charge in [-0.3, -0.25) is 0 Å². The first kappa shape index (κ1) is 25.1. The van der Waals surface area contributed by atoms with E-state index in [1.165, 1.54) is 12.1 Å². The summed E-state index contributed by atoms with van der Waals surface area (Å²) in [5.74, 6) is 0.325. The first-order chi connectivity index (χ1) is 17.3. The number of rotatable bonds is 8. The zero-order valence-corrected chi connectivity index (χ0v) is 19.8. The molecular weight excluding hydrogens is 465 g/mol. The Kier molecular flexibility index (Phi) is 7.78. The number of carbonyl (C=O) groups is 1. The molecule has 4 aromatic carbocycles. The van der Waals surface area contributed by atoms with Gasteiger partial charge >= 0.3 is 12.2 Å². The summed E-state index contributed by atoms with van der Waals surface area (Å²) < 4.78 is 44.6. The summed E-state index contributed by atoms with van der Waals surface area (Å²) in [7, 11) is 0. The second-order valence-corrected chi connectivity index (χ2v) is 8.52. The van der Waals surface area contributed by atoms with E-state index in [2.05, 4.69) is 10.6 Å². The van der Waals surface area contributed by atoms with E-state index in [4.69, 9.17) is 4.74 Å². The molecule has 2 N–H and O–H groups in total. The largest absolute Gasteiger partial charge is 0.486 e. The molecule has 2 unspecified atom stereocenters. The number of halogens is 3. The minimum Gasteiger partial charge on any atom is -0.486 e. The minimum atomic E-state index is -4.40. The summed E-state index contributed by atoms with van der Waals surface area (Å²) in [6.45, 7) is 2.25. The fourth-order valence-electron chi connectivity index (χ4n) is 4.12. The maximum Gasteiger partial charge on any atom is 0.416 e. The molecule has 7 heteroatoms. The molecule has 0 fully saturated rings. The highest BCUT2D eigenvalue weighted by atomic mass is 19.4. The Labute approximate surface area is 208 Å². The van der Waals surface area contributed by atoms with Crippen molar-refractivity contribution in [1.29, 1.82) is 0 Å². The molecule has 2 amide bonds. The van der Waals surface area contributed by atoms with Gasteiger partial charge in [-0.05, 0) is 53.1 Å². The van der Waals surface area contributed by atoms with Crippen molar-refractivity contribution >= 4 is 16.8 Å². The molecule has 4 nitrogen and oxygen atoms in total. The van der Waals surface area contributed by atoms with Crippen LogP contribution in [0, 0.1) is 0 Å². The number of fused-ring (bicyclic) bond motifs is 1. The Balaban J connectivity index is 1.37. The number of hydrogen-bond acceptors (Lipinski definition) is 2. The van der Waals surface area contributed by atoms with E-state index in [0.29, 0.717) is 18.7 Å². The highest BCUT2D eigenvalue weighted by Crippen LogP contribution is 2.32. The van der Waals surface area contributed by atoms with E-state index in [0.717, 1.165) is 34.0 Å². The summed E-state index contributed by atoms with van der Waals surface area (Å²) in [5.41, 5.74) is 1.16. The molecule has 0 aliphatic rings. The summed E-state index contributed by atoms with van der Waals surface area (Å²) in [5, 5.41) is 8.03. The molecule has 186 valence electrons. The molecule has 0 radical (unpaired) electrons. The van der Waals surface area contributed by atoms with Crippen molar-refractivity contribution in [2.75, 3.05) is 6.54 Å². The standard InChI is InChI=1S/C29H27F3N2O2/c1-20(25-13-7-11-21-8-5-6-12-26(21)25)34-28(35)33-19-18-27(22-9-3-2-4-10-22)36-24-16-14-23(15-17-24)29(30,31)32/h2-17,20,27H,18-19H2,1H3,(H2,33,34,35). The Morgan fingerprint density at radius 3 is 2.25 bits per heavy atom. The first-order valence-electron chi connectivity index (χ1n) is 11.7. The van der Waals surface area contributed by atoms with Crippen molar-refractivity contribution in [2.24, 2.45) is 0 Å². The normalized spacial score (nSPS) is 13.1. The molecule has 0 aliphatic heterocycles. The van der Waals surface area contributed by atoms with E-state index < -0.39 is 17.8 Å². The van der Waals surface area contributed by atoms with Crippen LogP contribution in [-0.4, -0.2) is 12.6 Å². The van der Waals surface area contributed by atoms with E-state index in [1.54, 1.807) is 0 Å². The van der Waals surface area contributed by atoms with Gasteiger partial charge in [0.25, 0.3) is 0 Å². The number of nitrogens with one attached hydrogen (secondary N) is 2. The molecule has 4 aromatic rings. The second kappa shape index (κ2) is 11.2. The molecule has 0 aromatic heterocycles. The summed E-state index contributed by atoms with van der Waals surface area (Å²) in [4.78, 5) is 12.6. The number of urea groups is 1. The maximum atomic E-state index is 12.9. The van der Waals surface area contributed by atoms with Gasteiger partial charge in [-0.25, -0.2) is 4.79 Å². The number of hydrogen-bond donors (Lipinski definition) is 2. The fraction of sp³-hybridized carbons (Fsp3) is 0.207. The summed E-state index contributed by atoms with van der Waals surface area (Å²) >= 11 is 0. The fourth-order valence-corrected chi connectivity index (χ4v) is 4.12. The highest BCUT2D eigenvalue weighted by Gasteiger charge is 2.30. The van der Waals surface area contributed by atoms with Gasteiger partial charge in [0.15, 0.2) is 0 Å². The van der Waals surface area contributed by atoms with Crippen LogP contribution in [-0.2, 0) is 6.18 Å². The average molecular weight is 493 g/mol. The van der Waals surface area contributed by atoms with Crippen LogP contribution in [0.15, 0.2) is 97.1 Å². The molecule has 0 saturated heterocycles. The van der Waals surface area contributed by atoms with Crippen LogP contribution in [0.4, 0.5) is 18.0 Å². The lowest BCUT2D eigenvalue weighted by Crippen LogP contribution is -2.38. The van der Waals surface area contributed by atoms with Gasteiger partial charge in [-0.1, -0.05) is 72.8 Å². The summed E-state index contributed by atoms with van der Waals surface area (Å²) in [6, 6.07) is 27.5. The number of amides is 2. The number of ether oxygens (including phenoxy) is 1. The topological polar surface area (TPSA) is 50.4 Å². The van der Waals surface area contributed by atoms with Gasteiger partial charge in [0, 0.05) is 13.0 Å². The molecular formula is C29H27F3N2O2. The smallest absolute Gasteiger partial charge is 0.416 e. The third kappa shape index (κ3) is 6.36. The Morgan fingerprint density at radius 2 is 1.53 bits per heavy atom. The van der Waals surface area contributed by atoms with E-state index in [9.17, 15) is 18.0 Å². The van der Waals surface area contributed by atoms with Gasteiger partial charge < -0.3 is 15.4 Å². The molecule has 0 spiro atoms. The molecule has 2 atom stereocenters. The minimum absolute atomic E-state index is 0.204. The number of alkyl halides is 3. The second-order valence-electron chi connectivity index (χ2n) is 8.52. The van der Waals surface area contributed by atoms with Crippen LogP contribution in [0.2, 0.25) is 0 Å². The van der Waals surface area contributed by atoms with Crippen molar-refractivity contribution < 1.29 is 22.7 Å². The Hall–Kier alpha value is -4.00. The third-order valence-electron chi connectivity index (χ3n) is 5.96. The van der Waals surface area contributed by atoms with E-state index in [1.807, 2.05) is 79.7 Å². The van der Waals surface area contributed by atoms with Crippen LogP contribution < -0.4 is 15.4 Å². The lowest BCUT2D eigenvalue weighted by Gasteiger charge is -2.21. The highest BCUT2D eigenvalue weighted by molar-refractivity contribution is 5.86. The van der Waals surface area contributed by atoms with Gasteiger partial charge in [-0.15, -0.1) is 0 Å². The Bertz CT molecular complexity index is 1290. The zero-order valence-electron chi connectivity index (χ0n) is 19.8. The van der Waals surface area contributed by atoms with Gasteiger partial charge in [0.05, 0.1) is 11.6 Å². The van der Waals surface area contributed by atoms with Crippen LogP contribution in [0.5, 0.6) is 5.75 Å². The van der Waals surface area contributed by atoms with Crippen molar-refractivity contribution in [2.45, 2.75) is 31.7 Å². The van der Waals surface area contributed by atoms with Crippen molar-refractivity contribution in [3.8, 4) is 5.75 Å². The lowest BCUT2D eigenvalue weighted by molar-refractivity contribution is -0.137. The first-order valence-corrected chi connectivity index (χ1v) is 11.7. The van der Waals surface area contributed by atoms with Crippen molar-refractivity contribution in [3.63, 3.8) is 0 Å². The molecule has 36 heavy (non-hydrogen) atoms. The lowest BCUT2D eigenvalue weighted by atomic mass is 10.00. The summed E-state index contributed by atoms with van der Waals surface area (Å²) in [6.07, 6.45) is -4.42. The van der Waals surface area contributed by atoms with Crippen LogP contribution in [0.25, 0.3) is 10.8 Å². The monoisotopic (exact) mass is 492 g/mol. The molecule has 4 rings (SSSR count). The molecule has 0 heterocycles. The Morgan fingerprint density at radius 1 is 0.861 bits per heavy atom. The van der Waals surface area contributed by atoms with Gasteiger partial charge in [-0.2, -0.15) is 13.2 Å². The number of benzene rings is 4. The van der Waals surface area contributed by atoms with Crippen molar-refractivity contribution in [3.05, 3.63) is 114 Å². The van der Waals surface area contributed by atoms with Crippen LogP contribution >= 0.6 is 0 Å². The van der Waals surface area contributed by atoms with Gasteiger partial charge in [0.1, 0.15) is 11.9 Å². The van der Waals surface area contributed by atoms with Crippen LogP contribution in [0.1, 0.15) is 42.2 Å². The van der Waals surface area contributed by atoms with Gasteiger partial charge in [0.2, 0.25) is 0 Å². The zero-order chi connectivity index (χ0) is 25.5. The molecule has 0 saturated carbocycles. The SMILES string of the molecule is CC(NC(=O)NCCC(Oc1ccc(C(F)(F)F)cc1)c1ccccc1)c1cccc2ccccc12. The molecule has 0 bridgehead atoms.